The van der Waals surface area contributed by atoms with Crippen LogP contribution in [-0.2, 0) is 11.3 Å². The molecule has 0 bridgehead atoms. The van der Waals surface area contributed by atoms with Gasteiger partial charge in [0.05, 0.1) is 12.7 Å². The van der Waals surface area contributed by atoms with Crippen molar-refractivity contribution in [2.75, 3.05) is 7.11 Å². The van der Waals surface area contributed by atoms with Crippen LogP contribution in [-0.4, -0.2) is 37.5 Å². The van der Waals surface area contributed by atoms with Gasteiger partial charge in [0.2, 0.25) is 0 Å². The van der Waals surface area contributed by atoms with Crippen LogP contribution in [0.2, 0.25) is 0 Å². The molecule has 0 fully saturated rings. The zero-order valence-electron chi connectivity index (χ0n) is 10.2. The Morgan fingerprint density at radius 3 is 3.00 bits per heavy atom. The van der Waals surface area contributed by atoms with Crippen LogP contribution in [0.15, 0.2) is 36.8 Å². The highest BCUT2D eigenvalue weighted by Crippen LogP contribution is 2.09. The molecular formula is C12H11N5O2. The molecule has 0 aliphatic carbocycles. The fourth-order valence-electron chi connectivity index (χ4n) is 1.82. The van der Waals surface area contributed by atoms with Crippen LogP contribution in [0.25, 0.3) is 5.65 Å². The molecule has 3 aromatic heterocycles. The molecule has 0 aromatic carbocycles. The summed E-state index contributed by atoms with van der Waals surface area (Å²) in [5.74, 6) is 0.310. The van der Waals surface area contributed by atoms with Gasteiger partial charge in [0.25, 0.3) is 0 Å². The molecule has 3 aromatic rings. The zero-order chi connectivity index (χ0) is 13.2. The van der Waals surface area contributed by atoms with E-state index in [4.69, 9.17) is 4.74 Å². The summed E-state index contributed by atoms with van der Waals surface area (Å²) in [6.07, 6.45) is 5.20. The maximum Gasteiger partial charge on any atom is 0.339 e. The number of pyridine rings is 1. The Labute approximate surface area is 108 Å². The Kier molecular flexibility index (Phi) is 2.71. The molecule has 0 saturated carbocycles. The Balaban J connectivity index is 2.03. The van der Waals surface area contributed by atoms with E-state index < -0.39 is 0 Å². The molecule has 0 atom stereocenters. The minimum Gasteiger partial charge on any atom is -0.465 e. The van der Waals surface area contributed by atoms with Crippen LogP contribution in [0.3, 0.4) is 0 Å². The third kappa shape index (κ3) is 2.05. The number of esters is 1. The largest absolute Gasteiger partial charge is 0.465 e. The van der Waals surface area contributed by atoms with Crippen molar-refractivity contribution < 1.29 is 9.53 Å². The SMILES string of the molecule is COC(=O)c1ccc2nnc(Cn3cccn3)n2c1. The summed E-state index contributed by atoms with van der Waals surface area (Å²) in [6.45, 7) is 0.485. The molecule has 96 valence electrons. The predicted molar refractivity (Wildman–Crippen MR) is 65.7 cm³/mol. The number of methoxy groups -OCH3 is 1. The number of carbonyl (C=O) groups is 1. The van der Waals surface area contributed by atoms with Crippen LogP contribution in [0.4, 0.5) is 0 Å². The van der Waals surface area contributed by atoms with Crippen LogP contribution in [0.1, 0.15) is 16.2 Å². The highest BCUT2D eigenvalue weighted by molar-refractivity contribution is 5.89. The van der Waals surface area contributed by atoms with E-state index in [1.807, 2.05) is 12.3 Å². The summed E-state index contributed by atoms with van der Waals surface area (Å²) in [5.41, 5.74) is 1.13. The number of hydrogen-bond donors (Lipinski definition) is 0. The van der Waals surface area contributed by atoms with Gasteiger partial charge in [0, 0.05) is 18.6 Å². The summed E-state index contributed by atoms with van der Waals surface area (Å²) in [5, 5.41) is 12.3. The fraction of sp³-hybridized carbons (Fsp3) is 0.167. The summed E-state index contributed by atoms with van der Waals surface area (Å²) in [6, 6.07) is 5.22. The first kappa shape index (κ1) is 11.4. The zero-order valence-corrected chi connectivity index (χ0v) is 10.2. The van der Waals surface area contributed by atoms with E-state index in [0.29, 0.717) is 23.6 Å². The van der Waals surface area contributed by atoms with E-state index >= 15 is 0 Å². The van der Waals surface area contributed by atoms with Gasteiger partial charge < -0.3 is 4.74 Å². The van der Waals surface area contributed by atoms with Crippen molar-refractivity contribution in [2.24, 2.45) is 0 Å². The summed E-state index contributed by atoms with van der Waals surface area (Å²) in [4.78, 5) is 11.5. The van der Waals surface area contributed by atoms with E-state index in [9.17, 15) is 4.79 Å². The lowest BCUT2D eigenvalue weighted by molar-refractivity contribution is 0.0600. The molecule has 3 heterocycles. The number of fused-ring (bicyclic) bond motifs is 1. The summed E-state index contributed by atoms with van der Waals surface area (Å²) >= 11 is 0. The molecule has 0 aliphatic rings. The molecule has 0 amide bonds. The summed E-state index contributed by atoms with van der Waals surface area (Å²) in [7, 11) is 1.35. The minimum atomic E-state index is -0.388. The maximum absolute atomic E-state index is 11.5. The van der Waals surface area contributed by atoms with Gasteiger partial charge in [-0.25, -0.2) is 4.79 Å². The van der Waals surface area contributed by atoms with Crippen LogP contribution in [0, 0.1) is 0 Å². The monoisotopic (exact) mass is 257 g/mol. The van der Waals surface area contributed by atoms with Crippen molar-refractivity contribution in [3.63, 3.8) is 0 Å². The lowest BCUT2D eigenvalue weighted by atomic mass is 10.3. The van der Waals surface area contributed by atoms with Crippen LogP contribution >= 0.6 is 0 Å². The van der Waals surface area contributed by atoms with E-state index in [1.165, 1.54) is 7.11 Å². The third-order valence-corrected chi connectivity index (χ3v) is 2.76. The highest BCUT2D eigenvalue weighted by atomic mass is 16.5. The lowest BCUT2D eigenvalue weighted by Gasteiger charge is -2.03. The Morgan fingerprint density at radius 1 is 1.37 bits per heavy atom. The molecule has 7 nitrogen and oxygen atoms in total. The number of rotatable bonds is 3. The normalized spacial score (nSPS) is 10.8. The molecule has 0 N–H and O–H groups in total. The van der Waals surface area contributed by atoms with E-state index in [-0.39, 0.29) is 5.97 Å². The predicted octanol–water partition coefficient (Wildman–Crippen LogP) is 0.761. The smallest absolute Gasteiger partial charge is 0.339 e. The number of hydrogen-bond acceptors (Lipinski definition) is 5. The maximum atomic E-state index is 11.5. The molecule has 0 aliphatic heterocycles. The second kappa shape index (κ2) is 4.52. The van der Waals surface area contributed by atoms with Gasteiger partial charge in [0.1, 0.15) is 6.54 Å². The molecule has 0 radical (unpaired) electrons. The van der Waals surface area contributed by atoms with Crippen LogP contribution < -0.4 is 0 Å². The van der Waals surface area contributed by atoms with Crippen molar-refractivity contribution in [1.29, 1.82) is 0 Å². The first-order valence-corrected chi connectivity index (χ1v) is 5.67. The van der Waals surface area contributed by atoms with Crippen molar-refractivity contribution in [3.8, 4) is 0 Å². The first-order valence-electron chi connectivity index (χ1n) is 5.67. The molecule has 0 unspecified atom stereocenters. The number of carbonyl (C=O) groups excluding carboxylic acids is 1. The average molecular weight is 257 g/mol. The second-order valence-electron chi connectivity index (χ2n) is 3.96. The van der Waals surface area contributed by atoms with E-state index in [2.05, 4.69) is 15.3 Å². The second-order valence-corrected chi connectivity index (χ2v) is 3.96. The lowest BCUT2D eigenvalue weighted by Crippen LogP contribution is -2.07. The van der Waals surface area contributed by atoms with Gasteiger partial charge >= 0.3 is 5.97 Å². The van der Waals surface area contributed by atoms with E-state index in [1.54, 1.807) is 33.6 Å². The average Bonchev–Trinajstić information content (AvgIpc) is 3.08. The highest BCUT2D eigenvalue weighted by Gasteiger charge is 2.10. The molecule has 3 rings (SSSR count). The topological polar surface area (TPSA) is 74.3 Å². The van der Waals surface area contributed by atoms with Gasteiger partial charge in [-0.05, 0) is 18.2 Å². The number of nitrogens with zero attached hydrogens (tertiary/aromatic N) is 5. The fourth-order valence-corrected chi connectivity index (χ4v) is 1.82. The van der Waals surface area contributed by atoms with Crippen molar-refractivity contribution in [3.05, 3.63) is 48.2 Å². The Bertz CT molecular complexity index is 717. The van der Waals surface area contributed by atoms with Crippen molar-refractivity contribution in [2.45, 2.75) is 6.54 Å². The first-order chi connectivity index (χ1) is 9.28. The van der Waals surface area contributed by atoms with Crippen molar-refractivity contribution in [1.82, 2.24) is 24.4 Å². The molecule has 0 spiro atoms. The summed E-state index contributed by atoms with van der Waals surface area (Å²) < 4.78 is 8.19. The quantitative estimate of drug-likeness (QED) is 0.647. The van der Waals surface area contributed by atoms with Gasteiger partial charge in [-0.15, -0.1) is 10.2 Å². The van der Waals surface area contributed by atoms with Gasteiger partial charge in [-0.3, -0.25) is 9.08 Å². The molecule has 0 saturated heterocycles. The van der Waals surface area contributed by atoms with E-state index in [0.717, 1.165) is 0 Å². The Morgan fingerprint density at radius 2 is 2.26 bits per heavy atom. The number of aromatic nitrogens is 5. The molecule has 7 heteroatoms. The molecule has 19 heavy (non-hydrogen) atoms. The van der Waals surface area contributed by atoms with Crippen LogP contribution in [0.5, 0.6) is 0 Å². The van der Waals surface area contributed by atoms with Gasteiger partial charge in [0.15, 0.2) is 11.5 Å². The Hall–Kier alpha value is -2.70. The van der Waals surface area contributed by atoms with Gasteiger partial charge in [-0.1, -0.05) is 0 Å². The van der Waals surface area contributed by atoms with Gasteiger partial charge in [-0.2, -0.15) is 5.10 Å². The number of ether oxygens (including phenoxy) is 1. The minimum absolute atomic E-state index is 0.388. The molecular weight excluding hydrogens is 246 g/mol. The third-order valence-electron chi connectivity index (χ3n) is 2.76. The standard InChI is InChI=1S/C12H11N5O2/c1-19-12(18)9-3-4-10-14-15-11(17(10)7-9)8-16-6-2-5-13-16/h2-7H,8H2,1H3. The van der Waals surface area contributed by atoms with Crippen molar-refractivity contribution >= 4 is 11.6 Å².